The summed E-state index contributed by atoms with van der Waals surface area (Å²) in [4.78, 5) is 26.7. The normalized spacial score (nSPS) is 17.3. The van der Waals surface area contributed by atoms with E-state index in [1.54, 1.807) is 19.2 Å². The van der Waals surface area contributed by atoms with Crippen LogP contribution in [0.3, 0.4) is 0 Å². The standard InChI is InChI=1S/C18H22FN5O4S/c1-11-14(19)10-20-24(18(11)26)12(2)17(25)21-13-5-6-15-16(9-13)29(27,28)23(4)8-7-22(15)3/h5-6,9-10,12H,7-8H2,1-4H3,(H,21,25). The average molecular weight is 423 g/mol. The summed E-state index contributed by atoms with van der Waals surface area (Å²) in [6, 6.07) is 3.58. The van der Waals surface area contributed by atoms with E-state index in [0.717, 1.165) is 10.9 Å². The van der Waals surface area contributed by atoms with Crippen molar-refractivity contribution in [3.63, 3.8) is 0 Å². The summed E-state index contributed by atoms with van der Waals surface area (Å²) in [6.45, 7) is 3.63. The lowest BCUT2D eigenvalue weighted by Crippen LogP contribution is -2.35. The van der Waals surface area contributed by atoms with Gasteiger partial charge >= 0.3 is 0 Å². The Morgan fingerprint density at radius 3 is 2.66 bits per heavy atom. The summed E-state index contributed by atoms with van der Waals surface area (Å²) in [5.41, 5.74) is -0.0468. The van der Waals surface area contributed by atoms with Crippen molar-refractivity contribution >= 4 is 27.3 Å². The smallest absolute Gasteiger partial charge is 0.273 e. The lowest BCUT2D eigenvalue weighted by Gasteiger charge is -2.19. The van der Waals surface area contributed by atoms with Gasteiger partial charge in [0.25, 0.3) is 5.56 Å². The zero-order chi connectivity index (χ0) is 21.5. The second-order valence-corrected chi connectivity index (χ2v) is 8.98. The van der Waals surface area contributed by atoms with Gasteiger partial charge in [0.15, 0.2) is 5.82 Å². The van der Waals surface area contributed by atoms with Crippen LogP contribution in [0.4, 0.5) is 15.8 Å². The van der Waals surface area contributed by atoms with Gasteiger partial charge in [-0.05, 0) is 32.0 Å². The van der Waals surface area contributed by atoms with Gasteiger partial charge in [-0.25, -0.2) is 17.5 Å². The summed E-state index contributed by atoms with van der Waals surface area (Å²) < 4.78 is 41.1. The van der Waals surface area contributed by atoms with Crippen LogP contribution in [0.1, 0.15) is 18.5 Å². The quantitative estimate of drug-likeness (QED) is 0.789. The Morgan fingerprint density at radius 2 is 1.97 bits per heavy atom. The molecule has 1 aliphatic heterocycles. The molecule has 0 saturated carbocycles. The molecule has 0 bridgehead atoms. The Hall–Kier alpha value is -2.79. The van der Waals surface area contributed by atoms with Gasteiger partial charge in [0, 0.05) is 32.9 Å². The van der Waals surface area contributed by atoms with Crippen LogP contribution in [0, 0.1) is 12.7 Å². The van der Waals surface area contributed by atoms with Crippen molar-refractivity contribution in [2.24, 2.45) is 0 Å². The van der Waals surface area contributed by atoms with Crippen LogP contribution in [0.5, 0.6) is 0 Å². The number of rotatable bonds is 3. The molecule has 1 atom stereocenters. The van der Waals surface area contributed by atoms with Gasteiger partial charge in [0.1, 0.15) is 10.9 Å². The fraction of sp³-hybridized carbons (Fsp3) is 0.389. The minimum Gasteiger partial charge on any atom is -0.372 e. The minimum absolute atomic E-state index is 0.0818. The molecule has 0 spiro atoms. The predicted molar refractivity (Wildman–Crippen MR) is 106 cm³/mol. The number of nitrogens with one attached hydrogen (secondary N) is 1. The number of likely N-dealkylation sites (N-methyl/N-ethyl adjacent to an activating group) is 2. The van der Waals surface area contributed by atoms with Crippen LogP contribution in [0.25, 0.3) is 0 Å². The largest absolute Gasteiger partial charge is 0.372 e. The number of nitrogens with zero attached hydrogens (tertiary/aromatic N) is 4. The molecule has 11 heteroatoms. The molecule has 2 heterocycles. The zero-order valence-corrected chi connectivity index (χ0v) is 17.3. The highest BCUT2D eigenvalue weighted by Gasteiger charge is 2.29. The van der Waals surface area contributed by atoms with Crippen molar-refractivity contribution in [2.75, 3.05) is 37.4 Å². The van der Waals surface area contributed by atoms with Crippen LogP contribution in [0.2, 0.25) is 0 Å². The third kappa shape index (κ3) is 3.75. The van der Waals surface area contributed by atoms with Crippen LogP contribution in [-0.4, -0.2) is 55.6 Å². The molecule has 1 N–H and O–H groups in total. The number of hydrogen-bond donors (Lipinski definition) is 1. The maximum Gasteiger partial charge on any atom is 0.273 e. The Labute approximate surface area is 167 Å². The molecule has 1 aliphatic rings. The molecule has 1 unspecified atom stereocenters. The molecular weight excluding hydrogens is 401 g/mol. The van der Waals surface area contributed by atoms with Gasteiger partial charge in [-0.15, -0.1) is 0 Å². The van der Waals surface area contributed by atoms with E-state index in [1.165, 1.54) is 31.3 Å². The van der Waals surface area contributed by atoms with E-state index >= 15 is 0 Å². The van der Waals surface area contributed by atoms with Crippen molar-refractivity contribution in [3.8, 4) is 0 Å². The molecular formula is C18H22FN5O4S. The number of carbonyl (C=O) groups is 1. The number of anilines is 2. The van der Waals surface area contributed by atoms with Gasteiger partial charge in [-0.3, -0.25) is 9.59 Å². The maximum absolute atomic E-state index is 13.5. The number of carbonyl (C=O) groups excluding carboxylic acids is 1. The highest BCUT2D eigenvalue weighted by molar-refractivity contribution is 7.89. The Kier molecular flexibility index (Phi) is 5.46. The maximum atomic E-state index is 13.5. The molecule has 0 aliphatic carbocycles. The second-order valence-electron chi connectivity index (χ2n) is 6.96. The Morgan fingerprint density at radius 1 is 1.28 bits per heavy atom. The van der Waals surface area contributed by atoms with E-state index in [4.69, 9.17) is 0 Å². The molecule has 1 amide bonds. The molecule has 156 valence electrons. The summed E-state index contributed by atoms with van der Waals surface area (Å²) in [5.74, 6) is -1.33. The Bertz CT molecular complexity index is 1130. The van der Waals surface area contributed by atoms with E-state index in [-0.39, 0.29) is 16.1 Å². The average Bonchev–Trinajstić information content (AvgIpc) is 2.76. The topological polar surface area (TPSA) is 105 Å². The molecule has 0 radical (unpaired) electrons. The van der Waals surface area contributed by atoms with E-state index in [0.29, 0.717) is 18.8 Å². The van der Waals surface area contributed by atoms with E-state index < -0.39 is 33.3 Å². The molecule has 9 nitrogen and oxygen atoms in total. The summed E-state index contributed by atoms with van der Waals surface area (Å²) in [5, 5.41) is 6.29. The molecule has 1 aromatic carbocycles. The van der Waals surface area contributed by atoms with Gasteiger partial charge in [-0.2, -0.15) is 9.40 Å². The highest BCUT2D eigenvalue weighted by atomic mass is 32.2. The fourth-order valence-electron chi connectivity index (χ4n) is 2.98. The SMILES string of the molecule is Cc1c(F)cnn(C(C)C(=O)Nc2ccc3c(c2)S(=O)(=O)N(C)CCN3C)c1=O. The number of benzene rings is 1. The van der Waals surface area contributed by atoms with Crippen LogP contribution in [-0.2, 0) is 14.8 Å². The molecule has 0 fully saturated rings. The first kappa shape index (κ1) is 20.9. The van der Waals surface area contributed by atoms with E-state index in [9.17, 15) is 22.4 Å². The lowest BCUT2D eigenvalue weighted by atomic mass is 10.2. The van der Waals surface area contributed by atoms with Crippen molar-refractivity contribution < 1.29 is 17.6 Å². The first-order chi connectivity index (χ1) is 13.5. The van der Waals surface area contributed by atoms with Crippen molar-refractivity contribution in [1.82, 2.24) is 14.1 Å². The first-order valence-electron chi connectivity index (χ1n) is 8.90. The predicted octanol–water partition coefficient (Wildman–Crippen LogP) is 0.961. The van der Waals surface area contributed by atoms with Gasteiger partial charge in [-0.1, -0.05) is 0 Å². The molecule has 29 heavy (non-hydrogen) atoms. The summed E-state index contributed by atoms with van der Waals surface area (Å²) in [6.07, 6.45) is 0.876. The fourth-order valence-corrected chi connectivity index (χ4v) is 4.40. The highest BCUT2D eigenvalue weighted by Crippen LogP contribution is 2.32. The van der Waals surface area contributed by atoms with Crippen LogP contribution < -0.4 is 15.8 Å². The lowest BCUT2D eigenvalue weighted by molar-refractivity contribution is -0.119. The summed E-state index contributed by atoms with van der Waals surface area (Å²) in [7, 11) is -0.412. The Balaban J connectivity index is 1.93. The van der Waals surface area contributed by atoms with Gasteiger partial charge in [0.2, 0.25) is 15.9 Å². The third-order valence-electron chi connectivity index (χ3n) is 5.01. The summed E-state index contributed by atoms with van der Waals surface area (Å²) >= 11 is 0. The van der Waals surface area contributed by atoms with Crippen LogP contribution >= 0.6 is 0 Å². The molecule has 3 rings (SSSR count). The molecule has 0 saturated heterocycles. The second kappa shape index (κ2) is 7.56. The van der Waals surface area contributed by atoms with Crippen molar-refractivity contribution in [1.29, 1.82) is 0 Å². The minimum atomic E-state index is -3.71. The number of hydrogen-bond acceptors (Lipinski definition) is 6. The zero-order valence-electron chi connectivity index (χ0n) is 16.5. The van der Waals surface area contributed by atoms with Gasteiger partial charge in [0.05, 0.1) is 17.4 Å². The first-order valence-corrected chi connectivity index (χ1v) is 10.3. The monoisotopic (exact) mass is 423 g/mol. The van der Waals surface area contributed by atoms with Crippen molar-refractivity contribution in [2.45, 2.75) is 24.8 Å². The number of halogens is 1. The number of sulfonamides is 1. The molecule has 2 aromatic rings. The number of fused-ring (bicyclic) bond motifs is 1. The molecule has 1 aromatic heterocycles. The van der Waals surface area contributed by atoms with E-state index in [2.05, 4.69) is 10.4 Å². The third-order valence-corrected chi connectivity index (χ3v) is 6.89. The van der Waals surface area contributed by atoms with Crippen molar-refractivity contribution in [3.05, 3.63) is 46.1 Å². The van der Waals surface area contributed by atoms with Gasteiger partial charge < -0.3 is 10.2 Å². The van der Waals surface area contributed by atoms with Crippen LogP contribution in [0.15, 0.2) is 34.1 Å². The number of aromatic nitrogens is 2. The number of amides is 1. The van der Waals surface area contributed by atoms with E-state index in [1.807, 2.05) is 4.90 Å².